The van der Waals surface area contributed by atoms with Gasteiger partial charge in [0, 0.05) is 42.6 Å². The lowest BCUT2D eigenvalue weighted by Crippen LogP contribution is -2.46. The minimum absolute atomic E-state index is 0.0266. The Hall–Kier alpha value is -2.50. The maximum Gasteiger partial charge on any atom is 0.245 e. The van der Waals surface area contributed by atoms with Crippen LogP contribution in [0.15, 0.2) is 18.2 Å². The Balaban J connectivity index is 1.64. The van der Waals surface area contributed by atoms with E-state index in [0.29, 0.717) is 25.9 Å². The molecule has 2 N–H and O–H groups in total. The van der Waals surface area contributed by atoms with Gasteiger partial charge in [-0.15, -0.1) is 0 Å². The van der Waals surface area contributed by atoms with E-state index in [9.17, 15) is 9.59 Å². The first-order valence-corrected chi connectivity index (χ1v) is 7.92. The number of benzene rings is 1. The summed E-state index contributed by atoms with van der Waals surface area (Å²) in [6.45, 7) is 1.25. The third-order valence-electron chi connectivity index (χ3n) is 4.80. The van der Waals surface area contributed by atoms with Gasteiger partial charge in [0.1, 0.15) is 11.8 Å². The number of carbonyl (C=O) groups is 2. The number of methoxy groups -OCH3 is 1. The van der Waals surface area contributed by atoms with Crippen LogP contribution in [-0.2, 0) is 22.6 Å². The van der Waals surface area contributed by atoms with Crippen molar-refractivity contribution in [2.75, 3.05) is 13.7 Å². The van der Waals surface area contributed by atoms with Gasteiger partial charge in [-0.05, 0) is 12.5 Å². The lowest BCUT2D eigenvalue weighted by atomic mass is 10.0. The molecule has 6 nitrogen and oxygen atoms in total. The number of fused-ring (bicyclic) bond motifs is 3. The molecule has 0 aliphatic carbocycles. The molecule has 1 atom stereocenters. The van der Waals surface area contributed by atoms with Crippen LogP contribution in [0.3, 0.4) is 0 Å². The van der Waals surface area contributed by atoms with Gasteiger partial charge in [-0.3, -0.25) is 9.59 Å². The predicted octanol–water partition coefficient (Wildman–Crippen LogP) is 1.34. The van der Waals surface area contributed by atoms with Crippen molar-refractivity contribution in [1.82, 2.24) is 15.2 Å². The molecule has 0 saturated carbocycles. The molecule has 1 fully saturated rings. The van der Waals surface area contributed by atoms with E-state index in [2.05, 4.69) is 16.4 Å². The Morgan fingerprint density at radius 1 is 1.35 bits per heavy atom. The minimum Gasteiger partial charge on any atom is -0.495 e. The highest BCUT2D eigenvalue weighted by atomic mass is 16.5. The van der Waals surface area contributed by atoms with Crippen LogP contribution in [0, 0.1) is 0 Å². The second kappa shape index (κ2) is 5.30. The summed E-state index contributed by atoms with van der Waals surface area (Å²) in [5.41, 5.74) is 3.32. The summed E-state index contributed by atoms with van der Waals surface area (Å²) in [5, 5.41) is 3.87. The molecule has 4 rings (SSSR count). The summed E-state index contributed by atoms with van der Waals surface area (Å²) in [5.74, 6) is 0.814. The quantitative estimate of drug-likeness (QED) is 0.878. The van der Waals surface area contributed by atoms with Gasteiger partial charge in [0.2, 0.25) is 11.8 Å². The zero-order valence-electron chi connectivity index (χ0n) is 13.0. The van der Waals surface area contributed by atoms with Crippen LogP contribution in [0.5, 0.6) is 5.75 Å². The first-order valence-electron chi connectivity index (χ1n) is 7.92. The van der Waals surface area contributed by atoms with Crippen LogP contribution in [0.4, 0.5) is 0 Å². The van der Waals surface area contributed by atoms with Gasteiger partial charge in [0.05, 0.1) is 12.6 Å². The second-order valence-corrected chi connectivity index (χ2v) is 6.13. The Labute approximate surface area is 133 Å². The van der Waals surface area contributed by atoms with Crippen LogP contribution in [0.25, 0.3) is 10.9 Å². The van der Waals surface area contributed by atoms with Gasteiger partial charge in [0.25, 0.3) is 0 Å². The smallest absolute Gasteiger partial charge is 0.245 e. The van der Waals surface area contributed by atoms with E-state index in [-0.39, 0.29) is 17.9 Å². The van der Waals surface area contributed by atoms with E-state index in [1.807, 2.05) is 17.0 Å². The van der Waals surface area contributed by atoms with Gasteiger partial charge in [0.15, 0.2) is 0 Å². The maximum absolute atomic E-state index is 12.6. The summed E-state index contributed by atoms with van der Waals surface area (Å²) < 4.78 is 5.41. The van der Waals surface area contributed by atoms with E-state index < -0.39 is 0 Å². The lowest BCUT2D eigenvalue weighted by molar-refractivity contribution is -0.135. The average Bonchev–Trinajstić information content (AvgIpc) is 3.16. The van der Waals surface area contributed by atoms with E-state index in [4.69, 9.17) is 4.74 Å². The molecular weight excluding hydrogens is 294 g/mol. The fourth-order valence-electron chi connectivity index (χ4n) is 3.59. The zero-order valence-corrected chi connectivity index (χ0v) is 13.0. The van der Waals surface area contributed by atoms with Gasteiger partial charge >= 0.3 is 0 Å². The summed E-state index contributed by atoms with van der Waals surface area (Å²) in [6.07, 6.45) is 1.84. The van der Waals surface area contributed by atoms with Crippen molar-refractivity contribution in [3.63, 3.8) is 0 Å². The Morgan fingerprint density at radius 3 is 2.96 bits per heavy atom. The van der Waals surface area contributed by atoms with Gasteiger partial charge in [-0.2, -0.15) is 0 Å². The normalized spacial score (nSPS) is 20.5. The summed E-state index contributed by atoms with van der Waals surface area (Å²) in [4.78, 5) is 29.2. The highest BCUT2D eigenvalue weighted by Gasteiger charge is 2.33. The standard InChI is InChI=1S/C17H19N3O3/c1-23-14-4-2-3-10-11-9-20(8-7-12(11)19-16(10)14)17(22)13-5-6-15(21)18-13/h2-4,13,19H,5-9H2,1H3,(H,18,21). The third kappa shape index (κ3) is 2.25. The maximum atomic E-state index is 12.6. The summed E-state index contributed by atoms with van der Waals surface area (Å²) in [6, 6.07) is 5.59. The number of H-pyrrole nitrogens is 1. The highest BCUT2D eigenvalue weighted by molar-refractivity contribution is 5.93. The molecule has 0 spiro atoms. The van der Waals surface area contributed by atoms with Crippen molar-refractivity contribution in [3.8, 4) is 5.75 Å². The first kappa shape index (κ1) is 14.1. The van der Waals surface area contributed by atoms with Gasteiger partial charge in [-0.25, -0.2) is 0 Å². The molecule has 23 heavy (non-hydrogen) atoms. The number of ether oxygens (including phenoxy) is 1. The summed E-state index contributed by atoms with van der Waals surface area (Å²) in [7, 11) is 1.66. The Bertz CT molecular complexity index is 796. The van der Waals surface area contributed by atoms with Gasteiger partial charge < -0.3 is 19.9 Å². The number of nitrogens with one attached hydrogen (secondary N) is 2. The Kier molecular flexibility index (Phi) is 3.25. The first-order chi connectivity index (χ1) is 11.2. The topological polar surface area (TPSA) is 74.4 Å². The molecule has 2 aliphatic rings. The van der Waals surface area contributed by atoms with Crippen LogP contribution in [0.2, 0.25) is 0 Å². The number of aromatic amines is 1. The number of carbonyl (C=O) groups excluding carboxylic acids is 2. The molecule has 2 amide bonds. The van der Waals surface area contributed by atoms with Crippen LogP contribution >= 0.6 is 0 Å². The molecule has 1 saturated heterocycles. The second-order valence-electron chi connectivity index (χ2n) is 6.13. The molecule has 2 aliphatic heterocycles. The van der Waals surface area contributed by atoms with Crippen LogP contribution in [-0.4, -0.2) is 41.4 Å². The van der Waals surface area contributed by atoms with Crippen molar-refractivity contribution in [2.24, 2.45) is 0 Å². The van der Waals surface area contributed by atoms with Crippen molar-refractivity contribution in [1.29, 1.82) is 0 Å². The molecule has 0 bridgehead atoms. The largest absolute Gasteiger partial charge is 0.495 e. The summed E-state index contributed by atoms with van der Waals surface area (Å²) >= 11 is 0. The minimum atomic E-state index is -0.358. The molecule has 2 aromatic rings. The molecule has 120 valence electrons. The zero-order chi connectivity index (χ0) is 16.0. The molecule has 1 aromatic heterocycles. The van der Waals surface area contributed by atoms with E-state index in [0.717, 1.165) is 28.6 Å². The molecule has 1 aromatic carbocycles. The number of hydrogen-bond acceptors (Lipinski definition) is 3. The number of nitrogens with zero attached hydrogens (tertiary/aromatic N) is 1. The van der Waals surface area contributed by atoms with Gasteiger partial charge in [-0.1, -0.05) is 12.1 Å². The van der Waals surface area contributed by atoms with Crippen molar-refractivity contribution < 1.29 is 14.3 Å². The fourth-order valence-corrected chi connectivity index (χ4v) is 3.59. The third-order valence-corrected chi connectivity index (χ3v) is 4.80. The molecule has 6 heteroatoms. The van der Waals surface area contributed by atoms with E-state index in [1.165, 1.54) is 5.69 Å². The number of amides is 2. The predicted molar refractivity (Wildman–Crippen MR) is 85.1 cm³/mol. The van der Waals surface area contributed by atoms with Crippen molar-refractivity contribution in [2.45, 2.75) is 31.8 Å². The van der Waals surface area contributed by atoms with E-state index in [1.54, 1.807) is 7.11 Å². The lowest BCUT2D eigenvalue weighted by Gasteiger charge is -2.29. The highest BCUT2D eigenvalue weighted by Crippen LogP contribution is 2.33. The molecule has 0 radical (unpaired) electrons. The molecular formula is C17H19N3O3. The number of para-hydroxylation sites is 1. The SMILES string of the molecule is COc1cccc2c3c([nH]c12)CCN(C(=O)C1CCC(=O)N1)C3. The fraction of sp³-hybridized carbons (Fsp3) is 0.412. The van der Waals surface area contributed by atoms with E-state index >= 15 is 0 Å². The van der Waals surface area contributed by atoms with Crippen LogP contribution < -0.4 is 10.1 Å². The molecule has 3 heterocycles. The number of aromatic nitrogens is 1. The number of rotatable bonds is 2. The average molecular weight is 313 g/mol. The monoisotopic (exact) mass is 313 g/mol. The number of hydrogen-bond donors (Lipinski definition) is 2. The molecule has 1 unspecified atom stereocenters. The van der Waals surface area contributed by atoms with Crippen molar-refractivity contribution in [3.05, 3.63) is 29.5 Å². The van der Waals surface area contributed by atoms with Crippen molar-refractivity contribution >= 4 is 22.7 Å². The Morgan fingerprint density at radius 2 is 2.22 bits per heavy atom. The van der Waals surface area contributed by atoms with Crippen LogP contribution in [0.1, 0.15) is 24.1 Å².